The number of carboxylic acid groups (broad SMARTS) is 2. The van der Waals surface area contributed by atoms with Gasteiger partial charge in [-0.25, -0.2) is 33.8 Å². The molecule has 0 fully saturated rings. The molecule has 39 nitrogen and oxygen atoms in total. The number of amides is 1. The molecule has 115 heavy (non-hydrogen) atoms. The third kappa shape index (κ3) is 50.8. The maximum absolute atomic E-state index is 13.2. The Hall–Kier alpha value is -9.05. The summed E-state index contributed by atoms with van der Waals surface area (Å²) in [6, 6.07) is 0.898. The van der Waals surface area contributed by atoms with Crippen LogP contribution in [0.2, 0.25) is 18.1 Å². The van der Waals surface area contributed by atoms with Gasteiger partial charge in [0.25, 0.3) is 0 Å². The van der Waals surface area contributed by atoms with E-state index in [0.29, 0.717) is 43.9 Å². The summed E-state index contributed by atoms with van der Waals surface area (Å²) in [5.74, 6) is -16.8. The first-order chi connectivity index (χ1) is 54.0. The molecule has 656 valence electrons. The molecule has 0 saturated carbocycles. The van der Waals surface area contributed by atoms with Crippen LogP contribution in [0.15, 0.2) is 66.8 Å². The number of carbonyl (C=O) groups excluding carboxylic acids is 13. The highest BCUT2D eigenvalue weighted by atomic mass is 28.4. The third-order valence-electron chi connectivity index (χ3n) is 15.2. The van der Waals surface area contributed by atoms with Crippen molar-refractivity contribution in [2.45, 2.75) is 150 Å². The SMILES string of the molecule is C=C(C)C(=O)OCC(COC(=O)C(C)C)OC(=O)C(CCC[Si](OC)(OC)OC)C(=O)O.C=C(C)C(=O)OCC(COC(=O)C(C)C)OC(=O)C(CCC[Si](OC)(OC)OC)C(=O)O.C=CC(=O)OCCCN=C=O.C=CC(=O)OCCCNC(=O)C(CCC[Si](OC)(OC)OC)C(=O)OC(COC(=O)C(=C)C)COC(=O)C(C)C. The second kappa shape index (κ2) is 64.2. The zero-order valence-corrected chi connectivity index (χ0v) is 72.4. The van der Waals surface area contributed by atoms with Crippen LogP contribution in [-0.2, 0) is 164 Å². The van der Waals surface area contributed by atoms with E-state index < -0.39 is 197 Å². The summed E-state index contributed by atoms with van der Waals surface area (Å²) < 4.78 is 104. The van der Waals surface area contributed by atoms with Crippen LogP contribution in [-0.4, -0.2) is 274 Å². The summed E-state index contributed by atoms with van der Waals surface area (Å²) in [5.41, 5.74) is 0.377. The number of aliphatic imine (C=N–C) groups is 1. The molecule has 0 aliphatic heterocycles. The summed E-state index contributed by atoms with van der Waals surface area (Å²) in [6.07, 6.45) is 1.53. The van der Waals surface area contributed by atoms with Crippen LogP contribution < -0.4 is 5.32 Å². The number of nitrogens with zero attached hydrogens (tertiary/aromatic N) is 1. The van der Waals surface area contributed by atoms with E-state index in [2.05, 4.69) is 47.9 Å². The second-order valence-corrected chi connectivity index (χ2v) is 34.6. The van der Waals surface area contributed by atoms with E-state index in [1.54, 1.807) is 41.5 Å². The Balaban J connectivity index is -0.000000757. The molecule has 0 aliphatic rings. The number of ether oxygens (including phenoxy) is 11. The van der Waals surface area contributed by atoms with Gasteiger partial charge in [-0.1, -0.05) is 74.4 Å². The molecular formula is C73H120N2O37Si3. The topological polar surface area (TPSA) is 506 Å². The third-order valence-corrected chi connectivity index (χ3v) is 23.7. The lowest BCUT2D eigenvalue weighted by Gasteiger charge is -2.25. The Morgan fingerprint density at radius 1 is 0.391 bits per heavy atom. The van der Waals surface area contributed by atoms with Crippen LogP contribution >= 0.6 is 0 Å². The molecule has 0 aromatic rings. The van der Waals surface area contributed by atoms with E-state index in [4.69, 9.17) is 87.2 Å². The van der Waals surface area contributed by atoms with Crippen LogP contribution in [0.1, 0.15) is 114 Å². The van der Waals surface area contributed by atoms with E-state index >= 15 is 0 Å². The Morgan fingerprint density at radius 3 is 0.896 bits per heavy atom. The number of isocyanates is 1. The standard InChI is InChI=1S/C26H43NO12Si.2C20H34O11Si.C7H9NO3/c1-9-22(28)36-14-11-13-27-23(29)21(12-10-15-40(33-6,34-7)35-8)26(32)39-20(16-37-24(30)18(2)3)17-38-25(31)19(4)5;2*1-13(2)18(23)29-11-15(12-30-19(24)14(3)4)31-20(25)16(17(21)22)9-8-10-32(26-5,27-6)28-7;1-2-7(10)11-5-3-4-8-6-9/h9,19-21H,1-2,10-17H2,3-8H3,(H,27,29);2*14-16H,1,8-12H2,2-7H3,(H,21,22);2H,1,3-5H2. The van der Waals surface area contributed by atoms with Crippen LogP contribution in [0.25, 0.3) is 0 Å². The molecule has 0 radical (unpaired) electrons. The van der Waals surface area contributed by atoms with Crippen LogP contribution in [0.3, 0.4) is 0 Å². The first kappa shape index (κ1) is 112. The second-order valence-electron chi connectivity index (χ2n) is 25.3. The van der Waals surface area contributed by atoms with Gasteiger partial charge in [-0.15, -0.1) is 0 Å². The van der Waals surface area contributed by atoms with Crippen molar-refractivity contribution in [3.63, 3.8) is 0 Å². The van der Waals surface area contributed by atoms with Gasteiger partial charge in [-0.3, -0.25) is 43.2 Å². The molecule has 0 saturated heterocycles. The van der Waals surface area contributed by atoms with E-state index in [1.165, 1.54) is 90.8 Å². The first-order valence-electron chi connectivity index (χ1n) is 35.9. The normalized spacial score (nSPS) is 12.5. The molecule has 0 aromatic heterocycles. The predicted octanol–water partition coefficient (Wildman–Crippen LogP) is 5.32. The summed E-state index contributed by atoms with van der Waals surface area (Å²) >= 11 is 0. The van der Waals surface area contributed by atoms with E-state index in [-0.39, 0.29) is 75.2 Å². The van der Waals surface area contributed by atoms with Gasteiger partial charge >= 0.3 is 104 Å². The minimum Gasteiger partial charge on any atom is -0.481 e. The van der Waals surface area contributed by atoms with Crippen molar-refractivity contribution >= 4 is 116 Å². The lowest BCUT2D eigenvalue weighted by atomic mass is 10.0. The highest BCUT2D eigenvalue weighted by Crippen LogP contribution is 2.25. The molecule has 0 spiro atoms. The summed E-state index contributed by atoms with van der Waals surface area (Å²) in [5, 5.41) is 21.6. The fourth-order valence-electron chi connectivity index (χ4n) is 8.32. The number of carboxylic acids is 2. The minimum atomic E-state index is -2.97. The zero-order valence-electron chi connectivity index (χ0n) is 69.4. The van der Waals surface area contributed by atoms with Crippen molar-refractivity contribution in [1.82, 2.24) is 5.32 Å². The Morgan fingerprint density at radius 2 is 0.652 bits per heavy atom. The Labute approximate surface area is 675 Å². The number of esters is 11. The van der Waals surface area contributed by atoms with Gasteiger partial charge in [-0.2, -0.15) is 0 Å². The Kier molecular flexibility index (Phi) is 62.6. The zero-order chi connectivity index (χ0) is 89.0. The molecule has 0 bridgehead atoms. The monoisotopic (exact) mass is 1700 g/mol. The Bertz CT molecular complexity index is 3010. The van der Waals surface area contributed by atoms with E-state index in [9.17, 15) is 82.1 Å². The van der Waals surface area contributed by atoms with Crippen LogP contribution in [0.4, 0.5) is 0 Å². The van der Waals surface area contributed by atoms with Gasteiger partial charge < -0.3 is 107 Å². The highest BCUT2D eigenvalue weighted by Gasteiger charge is 2.42. The fourth-order valence-corrected chi connectivity index (χ4v) is 13.6. The molecule has 3 N–H and O–H groups in total. The molecule has 1 amide bonds. The van der Waals surface area contributed by atoms with Crippen LogP contribution in [0.5, 0.6) is 0 Å². The van der Waals surface area contributed by atoms with Crippen molar-refractivity contribution in [3.05, 3.63) is 61.8 Å². The van der Waals surface area contributed by atoms with Gasteiger partial charge in [0, 0.05) is 124 Å². The molecule has 42 heteroatoms. The molecular weight excluding hydrogens is 1580 g/mol. The molecule has 0 aliphatic carbocycles. The number of hydrogen-bond donors (Lipinski definition) is 3. The van der Waals surface area contributed by atoms with Crippen LogP contribution in [0, 0.1) is 35.5 Å². The number of nitrogens with one attached hydrogen (secondary N) is 1. The molecule has 6 unspecified atom stereocenters. The first-order valence-corrected chi connectivity index (χ1v) is 41.7. The average molecular weight is 1700 g/mol. The van der Waals surface area contributed by atoms with Gasteiger partial charge in [0.1, 0.15) is 45.6 Å². The maximum Gasteiger partial charge on any atom is 0.500 e. The van der Waals surface area contributed by atoms with Crippen molar-refractivity contribution in [3.8, 4) is 0 Å². The van der Waals surface area contributed by atoms with E-state index in [1.807, 2.05) is 0 Å². The molecule has 0 rings (SSSR count). The molecule has 0 aromatic carbocycles. The van der Waals surface area contributed by atoms with Crippen molar-refractivity contribution in [2.24, 2.45) is 40.5 Å². The lowest BCUT2D eigenvalue weighted by Crippen LogP contribution is -2.43. The fraction of sp³-hybridized carbons (Fsp3) is 0.658. The summed E-state index contributed by atoms with van der Waals surface area (Å²) in [4.78, 5) is 179. The van der Waals surface area contributed by atoms with Crippen molar-refractivity contribution < 1.29 is 174 Å². The lowest BCUT2D eigenvalue weighted by molar-refractivity contribution is -0.174. The van der Waals surface area contributed by atoms with E-state index in [0.717, 1.165) is 12.2 Å². The van der Waals surface area contributed by atoms with Gasteiger partial charge in [0.15, 0.2) is 30.1 Å². The number of aliphatic carboxylic acids is 2. The maximum atomic E-state index is 13.2. The van der Waals surface area contributed by atoms with Gasteiger partial charge in [0.05, 0.1) is 37.5 Å². The predicted molar refractivity (Wildman–Crippen MR) is 410 cm³/mol. The quantitative estimate of drug-likeness (QED) is 0.0101. The van der Waals surface area contributed by atoms with Crippen molar-refractivity contribution in [1.29, 1.82) is 0 Å². The summed E-state index contributed by atoms with van der Waals surface area (Å²) in [7, 11) is 4.10. The molecule has 0 heterocycles. The smallest absolute Gasteiger partial charge is 0.481 e. The minimum absolute atomic E-state index is 0.0429. The molecule has 6 atom stereocenters. The summed E-state index contributed by atoms with van der Waals surface area (Å²) in [6.45, 7) is 29.3. The van der Waals surface area contributed by atoms with Gasteiger partial charge in [0.2, 0.25) is 12.0 Å². The number of carbonyl (C=O) groups is 14. The highest BCUT2D eigenvalue weighted by molar-refractivity contribution is 6.61. The average Bonchev–Trinajstić information content (AvgIpc) is 0.870. The number of rotatable bonds is 58. The largest absolute Gasteiger partial charge is 0.500 e. The van der Waals surface area contributed by atoms with Crippen molar-refractivity contribution in [2.75, 3.05) is 130 Å². The number of hydrogen-bond acceptors (Lipinski definition) is 36. The van der Waals surface area contributed by atoms with Gasteiger partial charge in [-0.05, 0) is 65.7 Å².